The van der Waals surface area contributed by atoms with E-state index in [1.165, 1.54) is 7.11 Å². The van der Waals surface area contributed by atoms with Gasteiger partial charge in [0.2, 0.25) is 0 Å². The van der Waals surface area contributed by atoms with Crippen LogP contribution in [0.1, 0.15) is 27.2 Å². The lowest BCUT2D eigenvalue weighted by atomic mass is 9.72. The fourth-order valence-electron chi connectivity index (χ4n) is 2.61. The van der Waals surface area contributed by atoms with Crippen molar-refractivity contribution in [2.45, 2.75) is 32.8 Å². The second-order valence-electron chi connectivity index (χ2n) is 5.50. The maximum absolute atomic E-state index is 11.7. The molecule has 1 aliphatic rings. The number of esters is 1. The molecule has 0 radical (unpaired) electrons. The fourth-order valence-corrected chi connectivity index (χ4v) is 2.61. The van der Waals surface area contributed by atoms with Crippen molar-refractivity contribution in [2.24, 2.45) is 11.3 Å². The third kappa shape index (κ3) is 2.74. The van der Waals surface area contributed by atoms with E-state index in [9.17, 15) is 4.79 Å². The smallest absolute Gasteiger partial charge is 0.310 e. The zero-order valence-corrected chi connectivity index (χ0v) is 10.9. The summed E-state index contributed by atoms with van der Waals surface area (Å²) >= 11 is 0. The molecule has 1 rings (SSSR count). The van der Waals surface area contributed by atoms with Crippen molar-refractivity contribution in [2.75, 3.05) is 27.3 Å². The number of nitrogens with one attached hydrogen (secondary N) is 1. The van der Waals surface area contributed by atoms with Crippen LogP contribution in [0.2, 0.25) is 0 Å². The molecule has 0 spiro atoms. The zero-order chi connectivity index (χ0) is 12.4. The monoisotopic (exact) mass is 229 g/mol. The highest BCUT2D eigenvalue weighted by Crippen LogP contribution is 2.40. The molecule has 16 heavy (non-hydrogen) atoms. The van der Waals surface area contributed by atoms with Crippen LogP contribution < -0.4 is 5.32 Å². The van der Waals surface area contributed by atoms with E-state index in [-0.39, 0.29) is 22.9 Å². The van der Waals surface area contributed by atoms with E-state index < -0.39 is 0 Å². The van der Waals surface area contributed by atoms with E-state index in [0.717, 1.165) is 13.0 Å². The quantitative estimate of drug-likeness (QED) is 0.736. The van der Waals surface area contributed by atoms with E-state index in [1.54, 1.807) is 7.11 Å². The maximum atomic E-state index is 11.7. The van der Waals surface area contributed by atoms with E-state index in [1.807, 2.05) is 13.8 Å². The molecule has 0 amide bonds. The topological polar surface area (TPSA) is 47.6 Å². The summed E-state index contributed by atoms with van der Waals surface area (Å²) in [7, 11) is 3.15. The second kappa shape index (κ2) is 4.72. The van der Waals surface area contributed by atoms with E-state index >= 15 is 0 Å². The second-order valence-corrected chi connectivity index (χ2v) is 5.50. The van der Waals surface area contributed by atoms with Crippen LogP contribution in [0.3, 0.4) is 0 Å². The van der Waals surface area contributed by atoms with Crippen LogP contribution >= 0.6 is 0 Å². The highest BCUT2D eigenvalue weighted by Gasteiger charge is 2.46. The molecule has 1 aliphatic heterocycles. The Kier molecular flexibility index (Phi) is 3.97. The molecule has 0 aromatic rings. The van der Waals surface area contributed by atoms with Crippen molar-refractivity contribution in [3.05, 3.63) is 0 Å². The molecular weight excluding hydrogens is 206 g/mol. The first-order chi connectivity index (χ1) is 7.34. The minimum absolute atomic E-state index is 0.0769. The van der Waals surface area contributed by atoms with Crippen LogP contribution in [-0.4, -0.2) is 38.9 Å². The molecule has 1 fully saturated rings. The summed E-state index contributed by atoms with van der Waals surface area (Å²) in [6.07, 6.45) is 0.837. The zero-order valence-electron chi connectivity index (χ0n) is 10.9. The van der Waals surface area contributed by atoms with Crippen LogP contribution in [0.25, 0.3) is 0 Å². The number of carbonyl (C=O) groups is 1. The Hall–Kier alpha value is -0.610. The molecule has 0 saturated carbocycles. The summed E-state index contributed by atoms with van der Waals surface area (Å²) in [4.78, 5) is 11.7. The highest BCUT2D eigenvalue weighted by atomic mass is 16.5. The Morgan fingerprint density at radius 2 is 2.12 bits per heavy atom. The lowest BCUT2D eigenvalue weighted by Gasteiger charge is -2.36. The van der Waals surface area contributed by atoms with Crippen molar-refractivity contribution >= 4 is 5.97 Å². The van der Waals surface area contributed by atoms with Crippen LogP contribution in [0.15, 0.2) is 0 Å². The van der Waals surface area contributed by atoms with Gasteiger partial charge in [0.15, 0.2) is 0 Å². The van der Waals surface area contributed by atoms with Crippen molar-refractivity contribution in [1.29, 1.82) is 0 Å². The van der Waals surface area contributed by atoms with Gasteiger partial charge in [-0.25, -0.2) is 0 Å². The van der Waals surface area contributed by atoms with Crippen LogP contribution in [0.4, 0.5) is 0 Å². The Bertz CT molecular complexity index is 265. The Morgan fingerprint density at radius 3 is 2.62 bits per heavy atom. The van der Waals surface area contributed by atoms with Gasteiger partial charge in [-0.1, -0.05) is 6.92 Å². The Balaban J connectivity index is 2.78. The Morgan fingerprint density at radius 1 is 1.50 bits per heavy atom. The average molecular weight is 229 g/mol. The van der Waals surface area contributed by atoms with Gasteiger partial charge in [-0.15, -0.1) is 0 Å². The first-order valence-corrected chi connectivity index (χ1v) is 5.68. The number of hydrogen-bond acceptors (Lipinski definition) is 4. The molecule has 4 heteroatoms. The van der Waals surface area contributed by atoms with E-state index in [0.29, 0.717) is 6.54 Å². The average Bonchev–Trinajstić information content (AvgIpc) is 2.58. The lowest BCUT2D eigenvalue weighted by molar-refractivity contribution is -0.149. The molecule has 94 valence electrons. The summed E-state index contributed by atoms with van der Waals surface area (Å²) in [6.45, 7) is 7.74. The predicted molar refractivity (Wildman–Crippen MR) is 62.2 cm³/mol. The first kappa shape index (κ1) is 13.5. The molecule has 0 aliphatic carbocycles. The number of rotatable bonds is 4. The molecule has 2 unspecified atom stereocenters. The molecule has 4 nitrogen and oxygen atoms in total. The number of carbonyl (C=O) groups excluding carboxylic acids is 1. The van der Waals surface area contributed by atoms with Gasteiger partial charge in [-0.05, 0) is 25.7 Å². The van der Waals surface area contributed by atoms with Crippen molar-refractivity contribution in [3.63, 3.8) is 0 Å². The van der Waals surface area contributed by atoms with Crippen molar-refractivity contribution in [3.8, 4) is 0 Å². The minimum atomic E-state index is -0.215. The normalized spacial score (nSPS) is 30.4. The third-order valence-electron chi connectivity index (χ3n) is 3.59. The van der Waals surface area contributed by atoms with Gasteiger partial charge >= 0.3 is 5.97 Å². The van der Waals surface area contributed by atoms with Gasteiger partial charge in [-0.3, -0.25) is 4.79 Å². The fraction of sp³-hybridized carbons (Fsp3) is 0.917. The summed E-state index contributed by atoms with van der Waals surface area (Å²) < 4.78 is 10.3. The summed E-state index contributed by atoms with van der Waals surface area (Å²) in [5.41, 5.74) is -0.306. The Labute approximate surface area is 97.7 Å². The van der Waals surface area contributed by atoms with Gasteiger partial charge in [-0.2, -0.15) is 0 Å². The number of methoxy groups -OCH3 is 2. The van der Waals surface area contributed by atoms with Gasteiger partial charge in [0, 0.05) is 20.2 Å². The van der Waals surface area contributed by atoms with Gasteiger partial charge in [0.05, 0.1) is 18.6 Å². The van der Waals surface area contributed by atoms with Crippen LogP contribution in [0, 0.1) is 11.3 Å². The molecule has 0 aromatic heterocycles. The molecule has 0 bridgehead atoms. The summed E-state index contributed by atoms with van der Waals surface area (Å²) in [5.74, 6) is -0.202. The SMILES string of the molecule is COC(=O)C1CNCC1(C)CC(C)(C)OC. The maximum Gasteiger partial charge on any atom is 0.310 e. The van der Waals surface area contributed by atoms with Gasteiger partial charge in [0.25, 0.3) is 0 Å². The van der Waals surface area contributed by atoms with E-state index in [2.05, 4.69) is 12.2 Å². The lowest BCUT2D eigenvalue weighted by Crippen LogP contribution is -2.40. The van der Waals surface area contributed by atoms with E-state index in [4.69, 9.17) is 9.47 Å². The number of hydrogen-bond donors (Lipinski definition) is 1. The standard InChI is InChI=1S/C12H23NO3/c1-11(2,16-5)7-12(3)8-13-6-9(12)10(14)15-4/h9,13H,6-8H2,1-5H3. The first-order valence-electron chi connectivity index (χ1n) is 5.68. The molecule has 1 saturated heterocycles. The summed E-state index contributed by atoms with van der Waals surface area (Å²) in [6, 6.07) is 0. The van der Waals surface area contributed by atoms with Crippen LogP contribution in [-0.2, 0) is 14.3 Å². The largest absolute Gasteiger partial charge is 0.469 e. The molecule has 1 N–H and O–H groups in total. The molecule has 2 atom stereocenters. The van der Waals surface area contributed by atoms with Crippen LogP contribution in [0.5, 0.6) is 0 Å². The molecular formula is C12H23NO3. The third-order valence-corrected chi connectivity index (χ3v) is 3.59. The summed E-state index contributed by atoms with van der Waals surface area (Å²) in [5, 5.41) is 3.27. The number of ether oxygens (including phenoxy) is 2. The minimum Gasteiger partial charge on any atom is -0.469 e. The van der Waals surface area contributed by atoms with Crippen molar-refractivity contribution < 1.29 is 14.3 Å². The van der Waals surface area contributed by atoms with Crippen molar-refractivity contribution in [1.82, 2.24) is 5.32 Å². The highest BCUT2D eigenvalue weighted by molar-refractivity contribution is 5.74. The predicted octanol–water partition coefficient (Wildman–Crippen LogP) is 1.20. The molecule has 0 aromatic carbocycles. The van der Waals surface area contributed by atoms with Gasteiger partial charge < -0.3 is 14.8 Å². The molecule has 1 heterocycles. The van der Waals surface area contributed by atoms with Gasteiger partial charge in [0.1, 0.15) is 0 Å².